The van der Waals surface area contributed by atoms with Crippen molar-refractivity contribution in [2.24, 2.45) is 5.73 Å². The Morgan fingerprint density at radius 1 is 1.14 bits per heavy atom. The zero-order chi connectivity index (χ0) is 14.7. The summed E-state index contributed by atoms with van der Waals surface area (Å²) in [6.07, 6.45) is 3.33. The van der Waals surface area contributed by atoms with E-state index >= 15 is 0 Å². The molecule has 0 aliphatic carbocycles. The van der Waals surface area contributed by atoms with E-state index in [9.17, 15) is 0 Å². The van der Waals surface area contributed by atoms with E-state index in [0.717, 1.165) is 16.9 Å². The number of hydrogen-bond acceptors (Lipinski definition) is 5. The molecular weight excluding hydrogens is 266 g/mol. The Morgan fingerprint density at radius 3 is 2.71 bits per heavy atom. The van der Waals surface area contributed by atoms with Crippen LogP contribution in [-0.2, 0) is 0 Å². The lowest BCUT2D eigenvalue weighted by Gasteiger charge is -2.15. The lowest BCUT2D eigenvalue weighted by molar-refractivity contribution is 0.390. The van der Waals surface area contributed by atoms with Gasteiger partial charge in [-0.05, 0) is 18.2 Å². The molecule has 0 radical (unpaired) electrons. The van der Waals surface area contributed by atoms with Gasteiger partial charge in [0, 0.05) is 11.8 Å². The van der Waals surface area contributed by atoms with Crippen LogP contribution in [0.5, 0.6) is 5.88 Å². The van der Waals surface area contributed by atoms with E-state index in [1.165, 1.54) is 0 Å². The van der Waals surface area contributed by atoms with E-state index in [0.29, 0.717) is 5.88 Å². The van der Waals surface area contributed by atoms with Gasteiger partial charge in [-0.3, -0.25) is 0 Å². The van der Waals surface area contributed by atoms with Crippen molar-refractivity contribution in [1.82, 2.24) is 20.0 Å². The molecule has 2 aromatic heterocycles. The molecular formula is C15H15N5O. The average Bonchev–Trinajstić information content (AvgIpc) is 3.04. The number of aromatic nitrogens is 4. The van der Waals surface area contributed by atoms with E-state index in [1.807, 2.05) is 42.5 Å². The second-order valence-electron chi connectivity index (χ2n) is 4.49. The predicted molar refractivity (Wildman–Crippen MR) is 78.2 cm³/mol. The first-order valence-electron chi connectivity index (χ1n) is 6.51. The molecule has 0 fully saturated rings. The van der Waals surface area contributed by atoms with E-state index in [4.69, 9.17) is 10.5 Å². The molecule has 0 saturated carbocycles. The highest BCUT2D eigenvalue weighted by molar-refractivity contribution is 5.38. The molecule has 6 heteroatoms. The zero-order valence-electron chi connectivity index (χ0n) is 11.5. The Bertz CT molecular complexity index is 726. The number of methoxy groups -OCH3 is 1. The number of benzene rings is 1. The molecule has 6 nitrogen and oxygen atoms in total. The molecule has 0 amide bonds. The normalized spacial score (nSPS) is 12.1. The molecule has 3 aromatic rings. The van der Waals surface area contributed by atoms with Crippen LogP contribution in [0.1, 0.15) is 17.3 Å². The van der Waals surface area contributed by atoms with Gasteiger partial charge in [0.25, 0.3) is 0 Å². The number of rotatable bonds is 4. The van der Waals surface area contributed by atoms with Crippen molar-refractivity contribution in [2.45, 2.75) is 6.04 Å². The van der Waals surface area contributed by atoms with Gasteiger partial charge >= 0.3 is 0 Å². The monoisotopic (exact) mass is 281 g/mol. The van der Waals surface area contributed by atoms with E-state index < -0.39 is 6.04 Å². The zero-order valence-corrected chi connectivity index (χ0v) is 11.5. The van der Waals surface area contributed by atoms with Gasteiger partial charge in [0.05, 0.1) is 30.7 Å². The Morgan fingerprint density at radius 2 is 1.95 bits per heavy atom. The largest absolute Gasteiger partial charge is 0.481 e. The Hall–Kier alpha value is -2.73. The van der Waals surface area contributed by atoms with Crippen molar-refractivity contribution < 1.29 is 4.74 Å². The van der Waals surface area contributed by atoms with Crippen molar-refractivity contribution in [2.75, 3.05) is 7.11 Å². The van der Waals surface area contributed by atoms with E-state index in [2.05, 4.69) is 15.3 Å². The first-order chi connectivity index (χ1) is 10.3. The standard InChI is InChI=1S/C15H15N5O/c1-21-15-12(8-5-9-17-15)14(16)13-10-18-19-20(13)11-6-3-2-4-7-11/h2-10,14H,16H2,1H3. The van der Waals surface area contributed by atoms with Crippen molar-refractivity contribution in [3.63, 3.8) is 0 Å². The van der Waals surface area contributed by atoms with Gasteiger partial charge in [-0.25, -0.2) is 9.67 Å². The molecule has 2 N–H and O–H groups in total. The summed E-state index contributed by atoms with van der Waals surface area (Å²) < 4.78 is 6.99. The van der Waals surface area contributed by atoms with Crippen LogP contribution in [0.15, 0.2) is 54.9 Å². The van der Waals surface area contributed by atoms with Gasteiger partial charge in [-0.15, -0.1) is 5.10 Å². The minimum absolute atomic E-state index is 0.427. The highest BCUT2D eigenvalue weighted by Crippen LogP contribution is 2.26. The molecule has 0 aliphatic heterocycles. The molecule has 1 aromatic carbocycles. The number of para-hydroxylation sites is 1. The fraction of sp³-hybridized carbons (Fsp3) is 0.133. The number of nitrogens with zero attached hydrogens (tertiary/aromatic N) is 4. The molecule has 21 heavy (non-hydrogen) atoms. The summed E-state index contributed by atoms with van der Waals surface area (Å²) in [7, 11) is 1.57. The lowest BCUT2D eigenvalue weighted by atomic mass is 10.1. The summed E-state index contributed by atoms with van der Waals surface area (Å²) in [5.41, 5.74) is 8.82. The summed E-state index contributed by atoms with van der Waals surface area (Å²) in [6, 6.07) is 13.0. The number of pyridine rings is 1. The number of ether oxygens (including phenoxy) is 1. The van der Waals surface area contributed by atoms with Crippen LogP contribution in [-0.4, -0.2) is 27.1 Å². The molecule has 106 valence electrons. The maximum atomic E-state index is 6.35. The molecule has 0 saturated heterocycles. The highest BCUT2D eigenvalue weighted by atomic mass is 16.5. The van der Waals surface area contributed by atoms with Crippen molar-refractivity contribution in [3.05, 3.63) is 66.1 Å². The molecule has 3 rings (SSSR count). The number of nitrogens with two attached hydrogens (primary N) is 1. The van der Waals surface area contributed by atoms with Crippen LogP contribution >= 0.6 is 0 Å². The predicted octanol–water partition coefficient (Wildman–Crippen LogP) is 1.72. The van der Waals surface area contributed by atoms with E-state index in [1.54, 1.807) is 24.2 Å². The third-order valence-electron chi connectivity index (χ3n) is 3.22. The Labute approximate surface area is 122 Å². The fourth-order valence-corrected chi connectivity index (χ4v) is 2.19. The van der Waals surface area contributed by atoms with Crippen LogP contribution in [0.3, 0.4) is 0 Å². The fourth-order valence-electron chi connectivity index (χ4n) is 2.19. The van der Waals surface area contributed by atoms with Gasteiger partial charge in [0.15, 0.2) is 0 Å². The summed E-state index contributed by atoms with van der Waals surface area (Å²) in [4.78, 5) is 4.18. The van der Waals surface area contributed by atoms with Crippen molar-refractivity contribution in [3.8, 4) is 11.6 Å². The second kappa shape index (κ2) is 5.72. The van der Waals surface area contributed by atoms with Crippen LogP contribution in [0, 0.1) is 0 Å². The maximum absolute atomic E-state index is 6.35. The van der Waals surface area contributed by atoms with Gasteiger partial charge in [-0.2, -0.15) is 0 Å². The summed E-state index contributed by atoms with van der Waals surface area (Å²) in [5, 5.41) is 8.09. The second-order valence-corrected chi connectivity index (χ2v) is 4.49. The highest BCUT2D eigenvalue weighted by Gasteiger charge is 2.19. The summed E-state index contributed by atoms with van der Waals surface area (Å²) in [5.74, 6) is 0.505. The lowest BCUT2D eigenvalue weighted by Crippen LogP contribution is -2.18. The first kappa shape index (κ1) is 13.3. The summed E-state index contributed by atoms with van der Waals surface area (Å²) in [6.45, 7) is 0. The van der Waals surface area contributed by atoms with Gasteiger partial charge in [0.1, 0.15) is 0 Å². The van der Waals surface area contributed by atoms with Crippen LogP contribution in [0.4, 0.5) is 0 Å². The third kappa shape index (κ3) is 2.48. The van der Waals surface area contributed by atoms with Crippen LogP contribution in [0.25, 0.3) is 5.69 Å². The molecule has 1 atom stereocenters. The van der Waals surface area contributed by atoms with Gasteiger partial charge < -0.3 is 10.5 Å². The molecule has 0 bridgehead atoms. The van der Waals surface area contributed by atoms with E-state index in [-0.39, 0.29) is 0 Å². The quantitative estimate of drug-likeness (QED) is 0.787. The van der Waals surface area contributed by atoms with Gasteiger partial charge in [0.2, 0.25) is 5.88 Å². The van der Waals surface area contributed by atoms with Crippen molar-refractivity contribution in [1.29, 1.82) is 0 Å². The Kier molecular flexibility index (Phi) is 3.61. The third-order valence-corrected chi connectivity index (χ3v) is 3.22. The topological polar surface area (TPSA) is 78.8 Å². The summed E-state index contributed by atoms with van der Waals surface area (Å²) >= 11 is 0. The Balaban J connectivity index is 2.04. The minimum atomic E-state index is -0.427. The average molecular weight is 281 g/mol. The van der Waals surface area contributed by atoms with Crippen LogP contribution in [0.2, 0.25) is 0 Å². The molecule has 1 unspecified atom stereocenters. The maximum Gasteiger partial charge on any atom is 0.218 e. The number of hydrogen-bond donors (Lipinski definition) is 1. The van der Waals surface area contributed by atoms with Gasteiger partial charge in [-0.1, -0.05) is 29.5 Å². The minimum Gasteiger partial charge on any atom is -0.481 e. The molecule has 0 aliphatic rings. The molecule has 0 spiro atoms. The van der Waals surface area contributed by atoms with Crippen molar-refractivity contribution >= 4 is 0 Å². The smallest absolute Gasteiger partial charge is 0.218 e. The van der Waals surface area contributed by atoms with Crippen LogP contribution < -0.4 is 10.5 Å². The SMILES string of the molecule is COc1ncccc1C(N)c1cnnn1-c1ccccc1. The first-order valence-corrected chi connectivity index (χ1v) is 6.51. The molecule has 2 heterocycles.